The molecule has 0 radical (unpaired) electrons. The van der Waals surface area contributed by atoms with Crippen LogP contribution in [0.3, 0.4) is 0 Å². The highest BCUT2D eigenvalue weighted by molar-refractivity contribution is 7.98. The maximum atomic E-state index is 6.01. The van der Waals surface area contributed by atoms with Crippen LogP contribution in [-0.2, 0) is 6.42 Å². The molecule has 0 saturated carbocycles. The average molecular weight is 293 g/mol. The van der Waals surface area contributed by atoms with Crippen LogP contribution in [0.5, 0.6) is 5.75 Å². The van der Waals surface area contributed by atoms with Crippen LogP contribution < -0.4 is 10.5 Å². The molecule has 108 valence electrons. The van der Waals surface area contributed by atoms with Gasteiger partial charge in [0, 0.05) is 12.0 Å². The van der Waals surface area contributed by atoms with Gasteiger partial charge in [0.05, 0.1) is 13.2 Å². The lowest BCUT2D eigenvalue weighted by Gasteiger charge is -2.05. The molecule has 2 aromatic rings. The topological polar surface area (TPSA) is 74.2 Å². The third kappa shape index (κ3) is 3.74. The largest absolute Gasteiger partial charge is 0.496 e. The summed E-state index contributed by atoms with van der Waals surface area (Å²) in [4.78, 5) is 4.37. The summed E-state index contributed by atoms with van der Waals surface area (Å²) >= 11 is 1.75. The van der Waals surface area contributed by atoms with Gasteiger partial charge in [-0.1, -0.05) is 23.4 Å². The van der Waals surface area contributed by atoms with E-state index in [0.717, 1.165) is 23.5 Å². The number of hydrogen-bond donors (Lipinski definition) is 1. The molecule has 20 heavy (non-hydrogen) atoms. The summed E-state index contributed by atoms with van der Waals surface area (Å²) in [6, 6.07) is 7.61. The highest BCUT2D eigenvalue weighted by Gasteiger charge is 2.15. The number of nitrogens with zero attached hydrogens (tertiary/aromatic N) is 2. The molecule has 0 aliphatic heterocycles. The first-order chi connectivity index (χ1) is 9.74. The van der Waals surface area contributed by atoms with Crippen molar-refractivity contribution >= 4 is 11.8 Å². The summed E-state index contributed by atoms with van der Waals surface area (Å²) in [5.74, 6) is 2.93. The zero-order valence-corrected chi connectivity index (χ0v) is 12.5. The van der Waals surface area contributed by atoms with E-state index in [2.05, 4.69) is 10.1 Å². The maximum Gasteiger partial charge on any atom is 0.243 e. The number of para-hydroxylation sites is 1. The fourth-order valence-electron chi connectivity index (χ4n) is 1.88. The highest BCUT2D eigenvalue weighted by Crippen LogP contribution is 2.21. The second-order valence-electron chi connectivity index (χ2n) is 4.43. The monoisotopic (exact) mass is 293 g/mol. The van der Waals surface area contributed by atoms with E-state index in [1.54, 1.807) is 18.9 Å². The number of rotatable bonds is 7. The number of benzene rings is 1. The number of ether oxygens (including phenoxy) is 1. The molecular weight excluding hydrogens is 274 g/mol. The molecule has 0 fully saturated rings. The number of thioether (sulfide) groups is 1. The summed E-state index contributed by atoms with van der Waals surface area (Å²) in [7, 11) is 1.65. The Kier molecular flexibility index (Phi) is 5.43. The third-order valence-electron chi connectivity index (χ3n) is 2.98. The molecule has 0 aliphatic rings. The molecular formula is C14H19N3O2S. The molecule has 1 aromatic heterocycles. The Morgan fingerprint density at radius 3 is 2.95 bits per heavy atom. The van der Waals surface area contributed by atoms with Crippen molar-refractivity contribution in [2.45, 2.75) is 18.9 Å². The lowest BCUT2D eigenvalue weighted by molar-refractivity contribution is 0.349. The minimum Gasteiger partial charge on any atom is -0.496 e. The lowest BCUT2D eigenvalue weighted by Crippen LogP contribution is -2.11. The van der Waals surface area contributed by atoms with E-state index in [-0.39, 0.29) is 6.04 Å². The average Bonchev–Trinajstić information content (AvgIpc) is 2.94. The summed E-state index contributed by atoms with van der Waals surface area (Å²) in [5, 5.41) is 3.99. The summed E-state index contributed by atoms with van der Waals surface area (Å²) in [5.41, 5.74) is 7.04. The quantitative estimate of drug-likeness (QED) is 0.845. The van der Waals surface area contributed by atoms with Crippen LogP contribution in [0.2, 0.25) is 0 Å². The molecule has 5 nitrogen and oxygen atoms in total. The van der Waals surface area contributed by atoms with Crippen molar-refractivity contribution in [1.82, 2.24) is 10.1 Å². The van der Waals surface area contributed by atoms with Crippen LogP contribution in [0.25, 0.3) is 0 Å². The van der Waals surface area contributed by atoms with Crippen molar-refractivity contribution in [1.29, 1.82) is 0 Å². The number of methoxy groups -OCH3 is 1. The van der Waals surface area contributed by atoms with Crippen molar-refractivity contribution in [2.75, 3.05) is 19.1 Å². The van der Waals surface area contributed by atoms with Crippen molar-refractivity contribution < 1.29 is 9.26 Å². The third-order valence-corrected chi connectivity index (χ3v) is 3.62. The molecule has 2 rings (SSSR count). The molecule has 6 heteroatoms. The van der Waals surface area contributed by atoms with Gasteiger partial charge in [0.2, 0.25) is 5.89 Å². The van der Waals surface area contributed by atoms with E-state index < -0.39 is 0 Å². The minimum absolute atomic E-state index is 0.193. The molecule has 0 saturated heterocycles. The van der Waals surface area contributed by atoms with Crippen LogP contribution in [0.15, 0.2) is 28.8 Å². The van der Waals surface area contributed by atoms with E-state index in [1.165, 1.54) is 0 Å². The molecule has 1 atom stereocenters. The van der Waals surface area contributed by atoms with Gasteiger partial charge in [0.15, 0.2) is 5.82 Å². The second-order valence-corrected chi connectivity index (χ2v) is 5.41. The van der Waals surface area contributed by atoms with Crippen LogP contribution >= 0.6 is 11.8 Å². The van der Waals surface area contributed by atoms with Gasteiger partial charge in [-0.05, 0) is 24.5 Å². The predicted octanol–water partition coefficient (Wildman–Crippen LogP) is 2.42. The Bertz CT molecular complexity index is 545. The fraction of sp³-hybridized carbons (Fsp3) is 0.429. The number of hydrogen-bond acceptors (Lipinski definition) is 6. The molecule has 0 aliphatic carbocycles. The van der Waals surface area contributed by atoms with Crippen LogP contribution in [0.1, 0.15) is 29.7 Å². The maximum absolute atomic E-state index is 6.01. The van der Waals surface area contributed by atoms with Gasteiger partial charge in [-0.2, -0.15) is 16.7 Å². The highest BCUT2D eigenvalue weighted by atomic mass is 32.2. The first kappa shape index (κ1) is 14.9. The SMILES string of the molecule is COc1ccccc1Cc1noc([C@H](N)CCSC)n1. The molecule has 0 amide bonds. The molecule has 1 heterocycles. The van der Waals surface area contributed by atoms with Gasteiger partial charge >= 0.3 is 0 Å². The van der Waals surface area contributed by atoms with Gasteiger partial charge in [0.25, 0.3) is 0 Å². The van der Waals surface area contributed by atoms with Crippen LogP contribution in [0, 0.1) is 0 Å². The Balaban J connectivity index is 2.05. The van der Waals surface area contributed by atoms with Gasteiger partial charge in [-0.15, -0.1) is 0 Å². The second kappa shape index (κ2) is 7.31. The predicted molar refractivity (Wildman–Crippen MR) is 80.0 cm³/mol. The van der Waals surface area contributed by atoms with Gasteiger partial charge < -0.3 is 15.0 Å². The Hall–Kier alpha value is -1.53. The smallest absolute Gasteiger partial charge is 0.243 e. The van der Waals surface area contributed by atoms with E-state index in [9.17, 15) is 0 Å². The van der Waals surface area contributed by atoms with Gasteiger partial charge in [-0.3, -0.25) is 0 Å². The van der Waals surface area contributed by atoms with E-state index in [1.807, 2.05) is 30.5 Å². The molecule has 0 bridgehead atoms. The van der Waals surface area contributed by atoms with Crippen molar-refractivity contribution in [3.05, 3.63) is 41.5 Å². The van der Waals surface area contributed by atoms with Crippen LogP contribution in [0.4, 0.5) is 0 Å². The van der Waals surface area contributed by atoms with Crippen molar-refractivity contribution in [3.8, 4) is 5.75 Å². The Morgan fingerprint density at radius 2 is 2.20 bits per heavy atom. The van der Waals surface area contributed by atoms with E-state index in [4.69, 9.17) is 15.0 Å². The van der Waals surface area contributed by atoms with Gasteiger partial charge in [0.1, 0.15) is 5.75 Å². The summed E-state index contributed by atoms with van der Waals surface area (Å²) in [6.45, 7) is 0. The van der Waals surface area contributed by atoms with Crippen LogP contribution in [-0.4, -0.2) is 29.3 Å². The molecule has 0 spiro atoms. The molecule has 2 N–H and O–H groups in total. The van der Waals surface area contributed by atoms with Crippen molar-refractivity contribution in [2.24, 2.45) is 5.73 Å². The standard InChI is InChI=1S/C14H19N3O2S/c1-18-12-6-4-3-5-10(12)9-13-16-14(19-17-13)11(15)7-8-20-2/h3-6,11H,7-9,15H2,1-2H3/t11-/m1/s1. The first-order valence-corrected chi connectivity index (χ1v) is 7.83. The van der Waals surface area contributed by atoms with Crippen molar-refractivity contribution in [3.63, 3.8) is 0 Å². The van der Waals surface area contributed by atoms with E-state index >= 15 is 0 Å². The fourth-order valence-corrected chi connectivity index (χ4v) is 2.37. The summed E-state index contributed by atoms with van der Waals surface area (Å²) < 4.78 is 10.5. The summed E-state index contributed by atoms with van der Waals surface area (Å²) in [6.07, 6.45) is 3.45. The normalized spacial score (nSPS) is 12.3. The molecule has 1 aromatic carbocycles. The van der Waals surface area contributed by atoms with Gasteiger partial charge in [-0.25, -0.2) is 0 Å². The number of nitrogens with two attached hydrogens (primary N) is 1. The molecule has 0 unspecified atom stereocenters. The Labute approximate surface area is 122 Å². The Morgan fingerprint density at radius 1 is 1.40 bits per heavy atom. The lowest BCUT2D eigenvalue weighted by atomic mass is 10.1. The minimum atomic E-state index is -0.193. The zero-order chi connectivity index (χ0) is 14.4. The zero-order valence-electron chi connectivity index (χ0n) is 11.7. The van der Waals surface area contributed by atoms with E-state index in [0.29, 0.717) is 18.1 Å². The first-order valence-electron chi connectivity index (χ1n) is 6.43. The number of aromatic nitrogens is 2.